The van der Waals surface area contributed by atoms with E-state index in [0.29, 0.717) is 6.61 Å². The highest BCUT2D eigenvalue weighted by Gasteiger charge is 2.33. The number of morpholine rings is 1. The number of nitrogens with one attached hydrogen (secondary N) is 1. The molecular weight excluding hydrogens is 234 g/mol. The maximum Gasteiger partial charge on any atom is 0.331 e. The van der Waals surface area contributed by atoms with Crippen LogP contribution in [0.1, 0.15) is 12.5 Å². The minimum absolute atomic E-state index is 0.117. The van der Waals surface area contributed by atoms with Crippen molar-refractivity contribution < 1.29 is 19.1 Å². The van der Waals surface area contributed by atoms with E-state index in [-0.39, 0.29) is 12.5 Å². The molecule has 0 aliphatic carbocycles. The zero-order chi connectivity index (χ0) is 13.0. The summed E-state index contributed by atoms with van der Waals surface area (Å²) >= 11 is 0. The van der Waals surface area contributed by atoms with Crippen molar-refractivity contribution in [1.29, 1.82) is 0 Å². The maximum absolute atomic E-state index is 11.5. The summed E-state index contributed by atoms with van der Waals surface area (Å²) in [4.78, 5) is 22.8. The monoisotopic (exact) mass is 249 g/mol. The molecular formula is C13H15NO4. The zero-order valence-corrected chi connectivity index (χ0v) is 10.1. The maximum atomic E-state index is 11.5. The number of amides is 1. The molecule has 1 aliphatic rings. The molecule has 0 bridgehead atoms. The van der Waals surface area contributed by atoms with Gasteiger partial charge in [-0.25, -0.2) is 4.79 Å². The van der Waals surface area contributed by atoms with Crippen LogP contribution in [-0.4, -0.2) is 30.6 Å². The zero-order valence-electron chi connectivity index (χ0n) is 10.1. The molecule has 1 heterocycles. The van der Waals surface area contributed by atoms with Crippen LogP contribution in [-0.2, 0) is 25.7 Å². The molecule has 5 heteroatoms. The Morgan fingerprint density at radius 2 is 2.00 bits per heavy atom. The van der Waals surface area contributed by atoms with Crippen molar-refractivity contribution in [2.45, 2.75) is 25.7 Å². The van der Waals surface area contributed by atoms with Crippen LogP contribution < -0.4 is 5.32 Å². The summed E-state index contributed by atoms with van der Waals surface area (Å²) in [6.45, 7) is 2.05. The second kappa shape index (κ2) is 5.64. The van der Waals surface area contributed by atoms with E-state index in [1.807, 2.05) is 30.3 Å². The van der Waals surface area contributed by atoms with Gasteiger partial charge >= 0.3 is 5.97 Å². The van der Waals surface area contributed by atoms with Gasteiger partial charge in [-0.15, -0.1) is 0 Å². The van der Waals surface area contributed by atoms with Gasteiger partial charge in [-0.05, 0) is 12.5 Å². The van der Waals surface area contributed by atoms with E-state index in [2.05, 4.69) is 5.32 Å². The summed E-state index contributed by atoms with van der Waals surface area (Å²) in [7, 11) is 0. The average molecular weight is 249 g/mol. The molecule has 1 amide bonds. The first-order chi connectivity index (χ1) is 8.66. The Labute approximate surface area is 105 Å². The van der Waals surface area contributed by atoms with Gasteiger partial charge in [0.1, 0.15) is 0 Å². The number of carbonyl (C=O) groups excluding carboxylic acids is 2. The summed E-state index contributed by atoms with van der Waals surface area (Å²) in [6.07, 6.45) is -0.720. The summed E-state index contributed by atoms with van der Waals surface area (Å²) in [5.74, 6) is -0.738. The number of hydrogen-bond acceptors (Lipinski definition) is 4. The van der Waals surface area contributed by atoms with E-state index >= 15 is 0 Å². The van der Waals surface area contributed by atoms with Gasteiger partial charge < -0.3 is 14.8 Å². The van der Waals surface area contributed by atoms with Gasteiger partial charge in [0.05, 0.1) is 13.2 Å². The predicted molar refractivity (Wildman–Crippen MR) is 63.6 cm³/mol. The number of benzene rings is 1. The summed E-state index contributed by atoms with van der Waals surface area (Å²) in [6, 6.07) is 8.90. The van der Waals surface area contributed by atoms with Crippen LogP contribution in [0.25, 0.3) is 0 Å². The first kappa shape index (κ1) is 12.6. The van der Waals surface area contributed by atoms with E-state index in [4.69, 9.17) is 9.47 Å². The largest absolute Gasteiger partial charge is 0.451 e. The van der Waals surface area contributed by atoms with Gasteiger partial charge in [-0.3, -0.25) is 4.79 Å². The second-order valence-electron chi connectivity index (χ2n) is 4.14. The van der Waals surface area contributed by atoms with Crippen molar-refractivity contribution in [3.05, 3.63) is 35.9 Å². The van der Waals surface area contributed by atoms with Gasteiger partial charge in [0.2, 0.25) is 0 Å². The molecule has 96 valence electrons. The molecule has 0 spiro atoms. The van der Waals surface area contributed by atoms with Gasteiger partial charge in [0.25, 0.3) is 5.91 Å². The van der Waals surface area contributed by atoms with Crippen molar-refractivity contribution in [3.63, 3.8) is 0 Å². The quantitative estimate of drug-likeness (QED) is 0.795. The lowest BCUT2D eigenvalue weighted by atomic mass is 10.2. The number of carbonyl (C=O) groups is 2. The molecule has 1 N–H and O–H groups in total. The first-order valence-corrected chi connectivity index (χ1v) is 5.79. The molecule has 2 unspecified atom stereocenters. The molecule has 0 aromatic heterocycles. The van der Waals surface area contributed by atoms with E-state index in [1.54, 1.807) is 0 Å². The highest BCUT2D eigenvalue weighted by molar-refractivity contribution is 5.92. The smallest absolute Gasteiger partial charge is 0.331 e. The van der Waals surface area contributed by atoms with E-state index in [9.17, 15) is 9.59 Å². The molecule has 18 heavy (non-hydrogen) atoms. The topological polar surface area (TPSA) is 64.6 Å². The second-order valence-corrected chi connectivity index (χ2v) is 4.14. The van der Waals surface area contributed by atoms with Crippen molar-refractivity contribution >= 4 is 11.9 Å². The highest BCUT2D eigenvalue weighted by Crippen LogP contribution is 2.06. The van der Waals surface area contributed by atoms with Crippen LogP contribution in [0.3, 0.4) is 0 Å². The predicted octanol–water partition coefficient (Wildman–Crippen LogP) is 0.633. The molecule has 1 aromatic carbocycles. The molecule has 2 atom stereocenters. The van der Waals surface area contributed by atoms with Gasteiger partial charge in [-0.2, -0.15) is 0 Å². The van der Waals surface area contributed by atoms with Crippen LogP contribution in [0.4, 0.5) is 0 Å². The summed E-state index contributed by atoms with van der Waals surface area (Å²) in [5, 5.41) is 2.56. The van der Waals surface area contributed by atoms with Gasteiger partial charge in [0, 0.05) is 0 Å². The third-order valence-electron chi connectivity index (χ3n) is 2.66. The van der Waals surface area contributed by atoms with Crippen molar-refractivity contribution in [3.8, 4) is 0 Å². The third kappa shape index (κ3) is 3.07. The van der Waals surface area contributed by atoms with E-state index in [0.717, 1.165) is 5.56 Å². The minimum Gasteiger partial charge on any atom is -0.451 e. The van der Waals surface area contributed by atoms with Crippen molar-refractivity contribution in [2.24, 2.45) is 0 Å². The fourth-order valence-corrected chi connectivity index (χ4v) is 1.64. The van der Waals surface area contributed by atoms with Crippen LogP contribution in [0.5, 0.6) is 0 Å². The minimum atomic E-state index is -0.720. The fourth-order valence-electron chi connectivity index (χ4n) is 1.64. The Balaban J connectivity index is 1.80. The molecule has 0 radical (unpaired) electrons. The first-order valence-electron chi connectivity index (χ1n) is 5.79. The standard InChI is InChI=1S/C13H15NO4/c1-9-12(15)14-11(13(16)18-9)8-17-7-10-5-3-2-4-6-10/h2-6,9,11H,7-8H2,1H3,(H,14,15). The fraction of sp³-hybridized carbons (Fsp3) is 0.385. The number of rotatable bonds is 4. The number of ether oxygens (including phenoxy) is 2. The van der Waals surface area contributed by atoms with E-state index in [1.165, 1.54) is 6.92 Å². The van der Waals surface area contributed by atoms with Crippen LogP contribution in [0.15, 0.2) is 30.3 Å². The number of cyclic esters (lactones) is 1. The third-order valence-corrected chi connectivity index (χ3v) is 2.66. The highest BCUT2D eigenvalue weighted by atomic mass is 16.6. The molecule has 0 saturated carbocycles. The Kier molecular flexibility index (Phi) is 3.94. The molecule has 1 aliphatic heterocycles. The summed E-state index contributed by atoms with van der Waals surface area (Å²) < 4.78 is 10.3. The van der Waals surface area contributed by atoms with E-state index < -0.39 is 18.1 Å². The number of esters is 1. The Morgan fingerprint density at radius 1 is 1.28 bits per heavy atom. The molecule has 2 rings (SSSR count). The molecule has 1 aromatic rings. The van der Waals surface area contributed by atoms with Gasteiger partial charge in [-0.1, -0.05) is 30.3 Å². The van der Waals surface area contributed by atoms with Crippen LogP contribution >= 0.6 is 0 Å². The van der Waals surface area contributed by atoms with Crippen molar-refractivity contribution in [1.82, 2.24) is 5.32 Å². The Hall–Kier alpha value is -1.88. The van der Waals surface area contributed by atoms with Crippen LogP contribution in [0, 0.1) is 0 Å². The molecule has 1 saturated heterocycles. The lowest BCUT2D eigenvalue weighted by molar-refractivity contribution is -0.166. The molecule has 1 fully saturated rings. The summed E-state index contributed by atoms with van der Waals surface area (Å²) in [5.41, 5.74) is 1.02. The van der Waals surface area contributed by atoms with Gasteiger partial charge in [0.15, 0.2) is 12.1 Å². The van der Waals surface area contributed by atoms with Crippen LogP contribution in [0.2, 0.25) is 0 Å². The molecule has 5 nitrogen and oxygen atoms in total. The SMILES string of the molecule is CC1OC(=O)C(COCc2ccccc2)NC1=O. The Bertz CT molecular complexity index is 432. The average Bonchev–Trinajstić information content (AvgIpc) is 2.37. The normalized spacial score (nSPS) is 23.4. The lowest BCUT2D eigenvalue weighted by Gasteiger charge is -2.26. The number of hydrogen-bond donors (Lipinski definition) is 1. The van der Waals surface area contributed by atoms with Crippen molar-refractivity contribution in [2.75, 3.05) is 6.61 Å². The lowest BCUT2D eigenvalue weighted by Crippen LogP contribution is -2.54. The Morgan fingerprint density at radius 3 is 2.72 bits per heavy atom.